The Kier molecular flexibility index (Phi) is 6.98. The highest BCUT2D eigenvalue weighted by Crippen LogP contribution is 2.36. The van der Waals surface area contributed by atoms with Crippen LogP contribution in [-0.2, 0) is 0 Å². The van der Waals surface area contributed by atoms with Gasteiger partial charge in [-0.05, 0) is 37.4 Å². The van der Waals surface area contributed by atoms with Gasteiger partial charge in [0.2, 0.25) is 0 Å². The molecule has 1 unspecified atom stereocenters. The molecule has 1 aromatic carbocycles. The lowest BCUT2D eigenvalue weighted by Gasteiger charge is -2.24. The molecule has 0 saturated carbocycles. The Bertz CT molecular complexity index is 407. The number of benzene rings is 1. The van der Waals surface area contributed by atoms with Crippen molar-refractivity contribution in [3.63, 3.8) is 0 Å². The van der Waals surface area contributed by atoms with E-state index in [0.29, 0.717) is 28.3 Å². The third-order valence-electron chi connectivity index (χ3n) is 2.97. The van der Waals surface area contributed by atoms with Gasteiger partial charge in [0.05, 0.1) is 11.6 Å². The van der Waals surface area contributed by atoms with E-state index in [1.807, 2.05) is 19.1 Å². The van der Waals surface area contributed by atoms with Crippen LogP contribution in [0.2, 0.25) is 10.0 Å². The maximum Gasteiger partial charge on any atom is 0.139 e. The molecule has 108 valence electrons. The molecule has 0 aliphatic heterocycles. The van der Waals surface area contributed by atoms with Crippen LogP contribution in [0.5, 0.6) is 5.75 Å². The third-order valence-corrected chi connectivity index (χ3v) is 3.59. The van der Waals surface area contributed by atoms with E-state index in [1.54, 1.807) is 0 Å². The van der Waals surface area contributed by atoms with Crippen LogP contribution in [0.25, 0.3) is 0 Å². The van der Waals surface area contributed by atoms with E-state index in [9.17, 15) is 0 Å². The molecule has 0 radical (unpaired) electrons. The first-order valence-electron chi connectivity index (χ1n) is 6.86. The molecule has 0 fully saturated rings. The summed E-state index contributed by atoms with van der Waals surface area (Å²) in [4.78, 5) is 0. The van der Waals surface area contributed by atoms with Gasteiger partial charge in [0.1, 0.15) is 5.75 Å². The minimum absolute atomic E-state index is 0.209. The van der Waals surface area contributed by atoms with Gasteiger partial charge in [0.25, 0.3) is 0 Å². The van der Waals surface area contributed by atoms with Gasteiger partial charge < -0.3 is 10.1 Å². The normalized spacial score (nSPS) is 12.8. The van der Waals surface area contributed by atoms with E-state index in [0.717, 1.165) is 18.5 Å². The zero-order valence-corrected chi connectivity index (χ0v) is 13.6. The molecule has 0 bridgehead atoms. The fraction of sp³-hybridized carbons (Fsp3) is 0.600. The number of halogens is 2. The molecule has 0 saturated heterocycles. The van der Waals surface area contributed by atoms with Crippen LogP contribution in [0.3, 0.4) is 0 Å². The summed E-state index contributed by atoms with van der Waals surface area (Å²) in [5, 5.41) is 4.84. The molecular formula is C15H23Cl2NO. The Morgan fingerprint density at radius 3 is 2.37 bits per heavy atom. The van der Waals surface area contributed by atoms with Crippen molar-refractivity contribution >= 4 is 23.2 Å². The van der Waals surface area contributed by atoms with E-state index in [1.165, 1.54) is 0 Å². The smallest absolute Gasteiger partial charge is 0.139 e. The molecule has 0 amide bonds. The number of hydrogen-bond donors (Lipinski definition) is 1. The van der Waals surface area contributed by atoms with E-state index in [4.69, 9.17) is 27.9 Å². The fourth-order valence-electron chi connectivity index (χ4n) is 2.05. The first kappa shape index (κ1) is 16.6. The highest BCUT2D eigenvalue weighted by molar-refractivity contribution is 6.34. The first-order chi connectivity index (χ1) is 9.01. The number of ether oxygens (including phenoxy) is 1. The SMILES string of the molecule is CCCNC(c1cc(Cl)c(OCC)cc1Cl)C(C)C. The zero-order chi connectivity index (χ0) is 14.4. The predicted molar refractivity (Wildman–Crippen MR) is 83.5 cm³/mol. The van der Waals surface area contributed by atoms with Crippen molar-refractivity contribution in [3.05, 3.63) is 27.7 Å². The van der Waals surface area contributed by atoms with Gasteiger partial charge in [-0.15, -0.1) is 0 Å². The van der Waals surface area contributed by atoms with Crippen molar-refractivity contribution in [2.24, 2.45) is 5.92 Å². The maximum atomic E-state index is 6.38. The molecule has 0 aliphatic rings. The van der Waals surface area contributed by atoms with Gasteiger partial charge in [0.15, 0.2) is 0 Å². The summed E-state index contributed by atoms with van der Waals surface area (Å²) < 4.78 is 5.46. The van der Waals surface area contributed by atoms with Gasteiger partial charge >= 0.3 is 0 Å². The molecule has 0 heterocycles. The van der Waals surface area contributed by atoms with Crippen molar-refractivity contribution in [1.82, 2.24) is 5.32 Å². The molecule has 1 N–H and O–H groups in total. The molecule has 1 rings (SSSR count). The van der Waals surface area contributed by atoms with Crippen LogP contribution >= 0.6 is 23.2 Å². The number of hydrogen-bond acceptors (Lipinski definition) is 2. The summed E-state index contributed by atoms with van der Waals surface area (Å²) in [6.07, 6.45) is 1.09. The maximum absolute atomic E-state index is 6.38. The standard InChI is InChI=1S/C15H23Cl2NO/c1-5-7-18-15(10(3)4)11-8-13(17)14(19-6-2)9-12(11)16/h8-10,15,18H,5-7H2,1-4H3. The van der Waals surface area contributed by atoms with Crippen LogP contribution in [0.1, 0.15) is 45.7 Å². The second-order valence-corrected chi connectivity index (χ2v) is 5.73. The summed E-state index contributed by atoms with van der Waals surface area (Å²) in [6.45, 7) is 9.97. The van der Waals surface area contributed by atoms with Crippen LogP contribution in [-0.4, -0.2) is 13.2 Å². The highest BCUT2D eigenvalue weighted by Gasteiger charge is 2.19. The molecular weight excluding hydrogens is 281 g/mol. The van der Waals surface area contributed by atoms with Crippen LogP contribution < -0.4 is 10.1 Å². The molecule has 2 nitrogen and oxygen atoms in total. The fourth-order valence-corrected chi connectivity index (χ4v) is 2.55. The second-order valence-electron chi connectivity index (χ2n) is 4.91. The quantitative estimate of drug-likeness (QED) is 0.757. The number of nitrogens with one attached hydrogen (secondary N) is 1. The number of rotatable bonds is 7. The molecule has 0 aromatic heterocycles. The first-order valence-corrected chi connectivity index (χ1v) is 7.61. The van der Waals surface area contributed by atoms with E-state index in [2.05, 4.69) is 26.1 Å². The monoisotopic (exact) mass is 303 g/mol. The Labute approximate surface area is 126 Å². The van der Waals surface area contributed by atoms with Crippen molar-refractivity contribution in [2.45, 2.75) is 40.2 Å². The molecule has 19 heavy (non-hydrogen) atoms. The summed E-state index contributed by atoms with van der Waals surface area (Å²) in [7, 11) is 0. The summed E-state index contributed by atoms with van der Waals surface area (Å²) in [5.41, 5.74) is 1.04. The molecule has 4 heteroatoms. The van der Waals surface area contributed by atoms with Gasteiger partial charge in [-0.2, -0.15) is 0 Å². The summed E-state index contributed by atoms with van der Waals surface area (Å²) in [5.74, 6) is 1.09. The van der Waals surface area contributed by atoms with Gasteiger partial charge in [-0.1, -0.05) is 44.0 Å². The molecule has 0 aliphatic carbocycles. The van der Waals surface area contributed by atoms with Crippen molar-refractivity contribution in [1.29, 1.82) is 0 Å². The topological polar surface area (TPSA) is 21.3 Å². The van der Waals surface area contributed by atoms with Crippen LogP contribution in [0.4, 0.5) is 0 Å². The molecule has 0 spiro atoms. The van der Waals surface area contributed by atoms with Crippen molar-refractivity contribution < 1.29 is 4.74 Å². The van der Waals surface area contributed by atoms with E-state index in [-0.39, 0.29) is 6.04 Å². The van der Waals surface area contributed by atoms with Crippen LogP contribution in [0, 0.1) is 5.92 Å². The summed E-state index contributed by atoms with van der Waals surface area (Å²) >= 11 is 12.6. The Hall–Kier alpha value is -0.440. The van der Waals surface area contributed by atoms with Gasteiger partial charge in [-0.25, -0.2) is 0 Å². The average Bonchev–Trinajstić information content (AvgIpc) is 2.35. The Morgan fingerprint density at radius 2 is 1.84 bits per heavy atom. The second kappa shape index (κ2) is 7.98. The largest absolute Gasteiger partial charge is 0.492 e. The minimum atomic E-state index is 0.209. The van der Waals surface area contributed by atoms with Crippen molar-refractivity contribution in [3.8, 4) is 5.75 Å². The van der Waals surface area contributed by atoms with E-state index >= 15 is 0 Å². The average molecular weight is 304 g/mol. The lowest BCUT2D eigenvalue weighted by molar-refractivity contribution is 0.340. The highest BCUT2D eigenvalue weighted by atomic mass is 35.5. The molecule has 1 aromatic rings. The Morgan fingerprint density at radius 1 is 1.16 bits per heavy atom. The third kappa shape index (κ3) is 4.55. The lowest BCUT2D eigenvalue weighted by Crippen LogP contribution is -2.26. The lowest BCUT2D eigenvalue weighted by atomic mass is 9.95. The minimum Gasteiger partial charge on any atom is -0.492 e. The van der Waals surface area contributed by atoms with Gasteiger partial charge in [0, 0.05) is 17.1 Å². The van der Waals surface area contributed by atoms with Crippen molar-refractivity contribution in [2.75, 3.05) is 13.2 Å². The zero-order valence-electron chi connectivity index (χ0n) is 12.1. The summed E-state index contributed by atoms with van der Waals surface area (Å²) in [6, 6.07) is 3.94. The van der Waals surface area contributed by atoms with Gasteiger partial charge in [-0.3, -0.25) is 0 Å². The van der Waals surface area contributed by atoms with Crippen LogP contribution in [0.15, 0.2) is 12.1 Å². The van der Waals surface area contributed by atoms with E-state index < -0.39 is 0 Å². The Balaban J connectivity index is 3.06. The predicted octanol–water partition coefficient (Wildman–Crippen LogP) is 5.09. The molecule has 1 atom stereocenters.